The molecule has 2 atom stereocenters. The smallest absolute Gasteiger partial charge is 0.408 e. The van der Waals surface area contributed by atoms with Crippen LogP contribution in [-0.2, 0) is 35.3 Å². The van der Waals surface area contributed by atoms with Gasteiger partial charge in [-0.05, 0) is 29.8 Å². The maximum absolute atomic E-state index is 13.6. The Balaban J connectivity index is 1.43. The van der Waals surface area contributed by atoms with Gasteiger partial charge in [-0.3, -0.25) is 24.1 Å². The van der Waals surface area contributed by atoms with Crippen molar-refractivity contribution in [2.45, 2.75) is 25.1 Å². The first kappa shape index (κ1) is 33.7. The number of carboxylic acid groups (broad SMARTS) is 1. The number of halogens is 2. The predicted molar refractivity (Wildman–Crippen MR) is 164 cm³/mol. The molecule has 15 heteroatoms. The number of carboxylic acids is 1. The third-order valence-electron chi connectivity index (χ3n) is 6.55. The number of esters is 1. The first-order chi connectivity index (χ1) is 22.0. The van der Waals surface area contributed by atoms with Crippen molar-refractivity contribution in [1.82, 2.24) is 10.6 Å². The van der Waals surface area contributed by atoms with Gasteiger partial charge in [0, 0.05) is 0 Å². The fraction of sp³-hybridized carbons (Fsp3) is 0.226. The summed E-state index contributed by atoms with van der Waals surface area (Å²) < 4.78 is 15.9. The number of ether oxygens (including phenoxy) is 3. The van der Waals surface area contributed by atoms with E-state index in [4.69, 9.17) is 37.4 Å². The van der Waals surface area contributed by atoms with Crippen molar-refractivity contribution in [3.8, 4) is 5.75 Å². The molecule has 1 aliphatic heterocycles. The Morgan fingerprint density at radius 1 is 0.935 bits per heavy atom. The third-order valence-corrected chi connectivity index (χ3v) is 7.18. The van der Waals surface area contributed by atoms with E-state index < -0.39 is 67.3 Å². The Labute approximate surface area is 272 Å². The molecule has 0 aromatic heterocycles. The summed E-state index contributed by atoms with van der Waals surface area (Å²) in [5.74, 6) is -4.83. The first-order valence-electron chi connectivity index (χ1n) is 13.7. The van der Waals surface area contributed by atoms with Gasteiger partial charge in [-0.1, -0.05) is 71.7 Å². The van der Waals surface area contributed by atoms with Crippen LogP contribution in [0, 0.1) is 0 Å². The number of para-hydroxylation sites is 2. The normalized spacial score (nSPS) is 14.5. The molecule has 1 heterocycles. The van der Waals surface area contributed by atoms with E-state index in [1.165, 1.54) is 24.3 Å². The van der Waals surface area contributed by atoms with Crippen molar-refractivity contribution in [2.75, 3.05) is 24.7 Å². The van der Waals surface area contributed by atoms with Gasteiger partial charge in [0.05, 0.1) is 27.7 Å². The van der Waals surface area contributed by atoms with Crippen LogP contribution in [0.1, 0.15) is 22.3 Å². The molecule has 0 spiro atoms. The van der Waals surface area contributed by atoms with Crippen LogP contribution >= 0.6 is 23.2 Å². The van der Waals surface area contributed by atoms with Gasteiger partial charge >= 0.3 is 18.0 Å². The number of nitrogens with zero attached hydrogens (tertiary/aromatic N) is 1. The van der Waals surface area contributed by atoms with Crippen LogP contribution in [0.3, 0.4) is 0 Å². The number of ketones is 1. The Morgan fingerprint density at radius 2 is 1.61 bits per heavy atom. The summed E-state index contributed by atoms with van der Waals surface area (Å²) in [7, 11) is 0. The number of hydrogen-bond acceptors (Lipinski definition) is 9. The van der Waals surface area contributed by atoms with E-state index >= 15 is 0 Å². The van der Waals surface area contributed by atoms with Gasteiger partial charge in [-0.2, -0.15) is 0 Å². The van der Waals surface area contributed by atoms with E-state index in [2.05, 4.69) is 10.6 Å². The summed E-state index contributed by atoms with van der Waals surface area (Å²) in [4.78, 5) is 77.2. The molecule has 46 heavy (non-hydrogen) atoms. The van der Waals surface area contributed by atoms with Crippen LogP contribution < -0.4 is 20.3 Å². The number of amides is 3. The first-order valence-corrected chi connectivity index (χ1v) is 14.4. The monoisotopic (exact) mass is 671 g/mol. The molecule has 3 aromatic carbocycles. The molecule has 240 valence electrons. The summed E-state index contributed by atoms with van der Waals surface area (Å²) in [6.45, 7) is -1.93. The molecular weight excluding hydrogens is 645 g/mol. The highest BCUT2D eigenvalue weighted by atomic mass is 35.5. The fourth-order valence-electron chi connectivity index (χ4n) is 4.33. The maximum Gasteiger partial charge on any atom is 0.408 e. The van der Waals surface area contributed by atoms with Gasteiger partial charge < -0.3 is 30.0 Å². The van der Waals surface area contributed by atoms with Crippen molar-refractivity contribution >= 4 is 64.5 Å². The van der Waals surface area contributed by atoms with Gasteiger partial charge in [0.2, 0.25) is 5.91 Å². The summed E-state index contributed by atoms with van der Waals surface area (Å²) >= 11 is 12.0. The van der Waals surface area contributed by atoms with Crippen molar-refractivity contribution in [3.05, 3.63) is 94.0 Å². The largest absolute Gasteiger partial charge is 0.489 e. The lowest BCUT2D eigenvalue weighted by Crippen LogP contribution is -2.54. The minimum absolute atomic E-state index is 0.0241. The number of alkyl carbamates (subject to hydrolysis) is 1. The van der Waals surface area contributed by atoms with Crippen LogP contribution in [0.2, 0.25) is 10.0 Å². The number of aliphatic carboxylic acids is 1. The summed E-state index contributed by atoms with van der Waals surface area (Å²) in [5, 5.41) is 14.0. The van der Waals surface area contributed by atoms with E-state index in [0.717, 1.165) is 10.5 Å². The average molecular weight is 672 g/mol. The topological polar surface area (TPSA) is 178 Å². The standard InChI is InChI=1S/C31H27Cl2N3O10/c32-19-9-6-10-20(33)28(19)30(42)45-17-24(37)21(13-27(39)40)34-26(38)14-36-23-11-4-5-12-25(23)44-16-22(29(36)41)35-31(43)46-15-18-7-2-1-3-8-18/h1-12,21-22H,13-17H2,(H,34,38)(H,35,43)(H,39,40)/t21-,22-/m0/s1. The second-order valence-electron chi connectivity index (χ2n) is 9.82. The van der Waals surface area contributed by atoms with E-state index in [-0.39, 0.29) is 40.3 Å². The number of anilines is 1. The van der Waals surface area contributed by atoms with Crippen LogP contribution in [0.15, 0.2) is 72.8 Å². The minimum atomic E-state index is -1.63. The lowest BCUT2D eigenvalue weighted by molar-refractivity contribution is -0.140. The average Bonchev–Trinajstić information content (AvgIpc) is 3.15. The molecule has 3 amide bonds. The second-order valence-corrected chi connectivity index (χ2v) is 10.6. The van der Waals surface area contributed by atoms with Crippen molar-refractivity contribution < 1.29 is 48.1 Å². The third kappa shape index (κ3) is 8.96. The van der Waals surface area contributed by atoms with Crippen LogP contribution in [0.25, 0.3) is 0 Å². The highest BCUT2D eigenvalue weighted by Gasteiger charge is 2.35. The number of benzene rings is 3. The van der Waals surface area contributed by atoms with Crippen molar-refractivity contribution in [3.63, 3.8) is 0 Å². The highest BCUT2D eigenvalue weighted by Crippen LogP contribution is 2.31. The van der Waals surface area contributed by atoms with Crippen molar-refractivity contribution in [1.29, 1.82) is 0 Å². The predicted octanol–water partition coefficient (Wildman–Crippen LogP) is 3.40. The molecule has 0 bridgehead atoms. The van der Waals surface area contributed by atoms with Crippen molar-refractivity contribution in [2.24, 2.45) is 0 Å². The molecule has 0 radical (unpaired) electrons. The number of fused-ring (bicyclic) bond motifs is 1. The van der Waals surface area contributed by atoms with E-state index in [9.17, 15) is 33.9 Å². The fourth-order valence-corrected chi connectivity index (χ4v) is 4.88. The lowest BCUT2D eigenvalue weighted by Gasteiger charge is -2.25. The zero-order chi connectivity index (χ0) is 33.2. The lowest BCUT2D eigenvalue weighted by atomic mass is 10.1. The number of carbonyl (C=O) groups excluding carboxylic acids is 5. The van der Waals surface area contributed by atoms with Gasteiger partial charge in [0.1, 0.15) is 37.6 Å². The number of rotatable bonds is 12. The maximum atomic E-state index is 13.6. The molecule has 13 nitrogen and oxygen atoms in total. The zero-order valence-electron chi connectivity index (χ0n) is 23.9. The van der Waals surface area contributed by atoms with Gasteiger partial charge in [-0.25, -0.2) is 9.59 Å². The SMILES string of the molecule is O=C(O)C[C@H](NC(=O)CN1C(=O)[C@@H](NC(=O)OCc2ccccc2)COc2ccccc21)C(=O)COC(=O)c1c(Cl)cccc1Cl. The summed E-state index contributed by atoms with van der Waals surface area (Å²) in [5.41, 5.74) is 0.723. The number of Topliss-reactive ketones (excluding diaryl/α,β-unsaturated/α-hetero) is 1. The summed E-state index contributed by atoms with van der Waals surface area (Å²) in [6.07, 6.45) is -1.75. The number of carbonyl (C=O) groups is 6. The Bertz CT molecular complexity index is 1620. The van der Waals surface area contributed by atoms with Gasteiger partial charge in [-0.15, -0.1) is 0 Å². The Hall–Kier alpha value is -5.14. The summed E-state index contributed by atoms with van der Waals surface area (Å²) in [6, 6.07) is 16.6. The van der Waals surface area contributed by atoms with Crippen LogP contribution in [0.4, 0.5) is 10.5 Å². The quantitative estimate of drug-likeness (QED) is 0.242. The molecular formula is C31H27Cl2N3O10. The molecule has 1 aliphatic rings. The molecule has 4 rings (SSSR count). The van der Waals surface area contributed by atoms with E-state index in [0.29, 0.717) is 0 Å². The Kier molecular flexibility index (Phi) is 11.5. The van der Waals surface area contributed by atoms with Crippen LogP contribution in [0.5, 0.6) is 5.75 Å². The molecule has 3 aromatic rings. The molecule has 3 N–H and O–H groups in total. The van der Waals surface area contributed by atoms with Gasteiger partial charge in [0.15, 0.2) is 12.4 Å². The highest BCUT2D eigenvalue weighted by molar-refractivity contribution is 6.39. The number of hydrogen-bond donors (Lipinski definition) is 3. The Morgan fingerprint density at radius 3 is 2.30 bits per heavy atom. The van der Waals surface area contributed by atoms with Gasteiger partial charge in [0.25, 0.3) is 5.91 Å². The minimum Gasteiger partial charge on any atom is -0.489 e. The van der Waals surface area contributed by atoms with Crippen LogP contribution in [-0.4, -0.2) is 72.6 Å². The van der Waals surface area contributed by atoms with E-state index in [1.807, 2.05) is 0 Å². The van der Waals surface area contributed by atoms with E-state index in [1.54, 1.807) is 48.5 Å². The number of nitrogens with one attached hydrogen (secondary N) is 2. The molecule has 0 saturated heterocycles. The molecule has 0 fully saturated rings. The molecule has 0 unspecified atom stereocenters. The second kappa shape index (κ2) is 15.7. The molecule has 0 saturated carbocycles. The zero-order valence-corrected chi connectivity index (χ0v) is 25.5. The molecule has 0 aliphatic carbocycles.